The first-order valence-corrected chi connectivity index (χ1v) is 5.51. The molecular weight excluding hydrogens is 160 g/mol. The first kappa shape index (κ1) is 11.0. The molecule has 0 unspecified atom stereocenters. The SMILES string of the molecule is COCC1(C(C)(C)C)CCCCC1. The molecule has 1 aliphatic carbocycles. The van der Waals surface area contributed by atoms with E-state index < -0.39 is 0 Å². The van der Waals surface area contributed by atoms with E-state index in [9.17, 15) is 0 Å². The van der Waals surface area contributed by atoms with Gasteiger partial charge in [0.2, 0.25) is 0 Å². The molecule has 0 bridgehead atoms. The lowest BCUT2D eigenvalue weighted by molar-refractivity contribution is -0.0349. The normalized spacial score (nSPS) is 23.1. The van der Waals surface area contributed by atoms with Gasteiger partial charge in [-0.25, -0.2) is 0 Å². The second-order valence-corrected chi connectivity index (χ2v) is 5.52. The fraction of sp³-hybridized carbons (Fsp3) is 1.00. The Bertz CT molecular complexity index is 143. The van der Waals surface area contributed by atoms with Gasteiger partial charge < -0.3 is 4.74 Å². The first-order chi connectivity index (χ1) is 6.02. The van der Waals surface area contributed by atoms with Crippen molar-refractivity contribution in [2.75, 3.05) is 13.7 Å². The molecule has 0 aromatic heterocycles. The first-order valence-electron chi connectivity index (χ1n) is 5.51. The van der Waals surface area contributed by atoms with Gasteiger partial charge in [0.1, 0.15) is 0 Å². The van der Waals surface area contributed by atoms with Crippen molar-refractivity contribution >= 4 is 0 Å². The monoisotopic (exact) mass is 184 g/mol. The van der Waals surface area contributed by atoms with E-state index in [4.69, 9.17) is 4.74 Å². The molecule has 13 heavy (non-hydrogen) atoms. The van der Waals surface area contributed by atoms with Crippen molar-refractivity contribution in [1.29, 1.82) is 0 Å². The maximum absolute atomic E-state index is 5.41. The second kappa shape index (κ2) is 4.00. The van der Waals surface area contributed by atoms with E-state index >= 15 is 0 Å². The highest BCUT2D eigenvalue weighted by atomic mass is 16.5. The summed E-state index contributed by atoms with van der Waals surface area (Å²) in [7, 11) is 1.84. The smallest absolute Gasteiger partial charge is 0.0523 e. The maximum atomic E-state index is 5.41. The summed E-state index contributed by atoms with van der Waals surface area (Å²) >= 11 is 0. The molecule has 1 saturated carbocycles. The molecule has 0 aliphatic heterocycles. The minimum absolute atomic E-state index is 0.392. The summed E-state index contributed by atoms with van der Waals surface area (Å²) in [5.41, 5.74) is 0.837. The third-order valence-corrected chi connectivity index (χ3v) is 3.82. The zero-order valence-corrected chi connectivity index (χ0v) is 9.65. The van der Waals surface area contributed by atoms with E-state index in [2.05, 4.69) is 20.8 Å². The topological polar surface area (TPSA) is 9.23 Å². The molecular formula is C12H24O. The van der Waals surface area contributed by atoms with Gasteiger partial charge in [0, 0.05) is 7.11 Å². The molecule has 0 spiro atoms. The highest BCUT2D eigenvalue weighted by Crippen LogP contribution is 2.49. The lowest BCUT2D eigenvalue weighted by Gasteiger charge is -2.47. The Morgan fingerprint density at radius 3 is 2.00 bits per heavy atom. The molecule has 1 heteroatoms. The molecule has 0 N–H and O–H groups in total. The molecule has 0 radical (unpaired) electrons. The van der Waals surface area contributed by atoms with Crippen LogP contribution in [-0.4, -0.2) is 13.7 Å². The minimum atomic E-state index is 0.392. The molecule has 1 aliphatic rings. The Kier molecular flexibility index (Phi) is 3.39. The molecule has 1 nitrogen and oxygen atoms in total. The summed E-state index contributed by atoms with van der Waals surface area (Å²) in [6, 6.07) is 0. The van der Waals surface area contributed by atoms with Crippen LogP contribution in [0.3, 0.4) is 0 Å². The average molecular weight is 184 g/mol. The molecule has 0 aromatic carbocycles. The third-order valence-electron chi connectivity index (χ3n) is 3.82. The van der Waals surface area contributed by atoms with Crippen LogP contribution in [0.4, 0.5) is 0 Å². The van der Waals surface area contributed by atoms with Gasteiger partial charge in [-0.1, -0.05) is 40.0 Å². The van der Waals surface area contributed by atoms with E-state index in [1.165, 1.54) is 32.1 Å². The predicted octanol–water partition coefficient (Wildman–Crippen LogP) is 3.63. The van der Waals surface area contributed by atoms with Gasteiger partial charge >= 0.3 is 0 Å². The van der Waals surface area contributed by atoms with Crippen molar-refractivity contribution in [3.63, 3.8) is 0 Å². The summed E-state index contributed by atoms with van der Waals surface area (Å²) in [5, 5.41) is 0. The van der Waals surface area contributed by atoms with Crippen LogP contribution in [0.25, 0.3) is 0 Å². The summed E-state index contributed by atoms with van der Waals surface area (Å²) < 4.78 is 5.41. The highest BCUT2D eigenvalue weighted by Gasteiger charge is 2.42. The van der Waals surface area contributed by atoms with Crippen molar-refractivity contribution in [3.05, 3.63) is 0 Å². The molecule has 1 fully saturated rings. The van der Waals surface area contributed by atoms with Gasteiger partial charge in [-0.05, 0) is 23.7 Å². The van der Waals surface area contributed by atoms with E-state index in [1.807, 2.05) is 7.11 Å². The van der Waals surface area contributed by atoms with E-state index in [0.717, 1.165) is 6.61 Å². The van der Waals surface area contributed by atoms with Crippen molar-refractivity contribution in [2.24, 2.45) is 10.8 Å². The Labute approximate surface area is 82.9 Å². The van der Waals surface area contributed by atoms with Gasteiger partial charge in [0.15, 0.2) is 0 Å². The third kappa shape index (κ3) is 2.25. The zero-order chi connectivity index (χ0) is 9.95. The molecule has 1 rings (SSSR count). The van der Waals surface area contributed by atoms with E-state index in [0.29, 0.717) is 10.8 Å². The van der Waals surface area contributed by atoms with Crippen LogP contribution in [0.2, 0.25) is 0 Å². The van der Waals surface area contributed by atoms with Gasteiger partial charge in [0.05, 0.1) is 6.61 Å². The number of ether oxygens (including phenoxy) is 1. The maximum Gasteiger partial charge on any atom is 0.0523 e. The number of hydrogen-bond donors (Lipinski definition) is 0. The summed E-state index contributed by atoms with van der Waals surface area (Å²) in [5.74, 6) is 0. The predicted molar refractivity (Wildman–Crippen MR) is 56.8 cm³/mol. The Balaban J connectivity index is 2.73. The Morgan fingerprint density at radius 1 is 1.08 bits per heavy atom. The van der Waals surface area contributed by atoms with Crippen molar-refractivity contribution in [3.8, 4) is 0 Å². The van der Waals surface area contributed by atoms with E-state index in [1.54, 1.807) is 0 Å². The Hall–Kier alpha value is -0.0400. The van der Waals surface area contributed by atoms with Crippen LogP contribution < -0.4 is 0 Å². The molecule has 0 aromatic rings. The number of hydrogen-bond acceptors (Lipinski definition) is 1. The molecule has 0 amide bonds. The van der Waals surface area contributed by atoms with Crippen LogP contribution in [-0.2, 0) is 4.74 Å². The second-order valence-electron chi connectivity index (χ2n) is 5.52. The van der Waals surface area contributed by atoms with Crippen LogP contribution in [0.5, 0.6) is 0 Å². The molecule has 0 saturated heterocycles. The van der Waals surface area contributed by atoms with E-state index in [-0.39, 0.29) is 0 Å². The fourth-order valence-corrected chi connectivity index (χ4v) is 2.62. The van der Waals surface area contributed by atoms with Gasteiger partial charge in [-0.2, -0.15) is 0 Å². The lowest BCUT2D eigenvalue weighted by Crippen LogP contribution is -2.41. The van der Waals surface area contributed by atoms with Crippen LogP contribution in [0, 0.1) is 10.8 Å². The largest absolute Gasteiger partial charge is 0.384 e. The highest BCUT2D eigenvalue weighted by molar-refractivity contribution is 4.92. The van der Waals surface area contributed by atoms with Crippen LogP contribution in [0.1, 0.15) is 52.9 Å². The molecule has 0 heterocycles. The van der Waals surface area contributed by atoms with Crippen LogP contribution >= 0.6 is 0 Å². The minimum Gasteiger partial charge on any atom is -0.384 e. The fourth-order valence-electron chi connectivity index (χ4n) is 2.62. The number of methoxy groups -OCH3 is 1. The Morgan fingerprint density at radius 2 is 1.62 bits per heavy atom. The number of rotatable bonds is 2. The average Bonchev–Trinajstić information content (AvgIpc) is 2.04. The van der Waals surface area contributed by atoms with Gasteiger partial charge in [-0.3, -0.25) is 0 Å². The summed E-state index contributed by atoms with van der Waals surface area (Å²) in [6.45, 7) is 8.02. The zero-order valence-electron chi connectivity index (χ0n) is 9.65. The molecule has 0 atom stereocenters. The molecule has 78 valence electrons. The summed E-state index contributed by atoms with van der Waals surface area (Å²) in [6.07, 6.45) is 6.90. The quantitative estimate of drug-likeness (QED) is 0.637. The summed E-state index contributed by atoms with van der Waals surface area (Å²) in [4.78, 5) is 0. The van der Waals surface area contributed by atoms with Gasteiger partial charge in [-0.15, -0.1) is 0 Å². The standard InChI is InChI=1S/C12H24O/c1-11(2,3)12(10-13-4)8-6-5-7-9-12/h5-10H2,1-4H3. The van der Waals surface area contributed by atoms with Crippen molar-refractivity contribution in [1.82, 2.24) is 0 Å². The lowest BCUT2D eigenvalue weighted by atomic mass is 9.60. The van der Waals surface area contributed by atoms with Crippen LogP contribution in [0.15, 0.2) is 0 Å². The van der Waals surface area contributed by atoms with Gasteiger partial charge in [0.25, 0.3) is 0 Å². The van der Waals surface area contributed by atoms with Crippen molar-refractivity contribution < 1.29 is 4.74 Å². The van der Waals surface area contributed by atoms with Crippen molar-refractivity contribution in [2.45, 2.75) is 52.9 Å².